The molecule has 0 spiro atoms. The third kappa shape index (κ3) is 1.94. The van der Waals surface area contributed by atoms with Gasteiger partial charge in [-0.3, -0.25) is 4.40 Å². The fourth-order valence-corrected chi connectivity index (χ4v) is 2.39. The maximum absolute atomic E-state index is 11.6. The molecule has 0 unspecified atom stereocenters. The van der Waals surface area contributed by atoms with Crippen LogP contribution in [0.5, 0.6) is 0 Å². The molecule has 20 heavy (non-hydrogen) atoms. The predicted octanol–water partition coefficient (Wildman–Crippen LogP) is 3.66. The largest absolute Gasteiger partial charge is 0.476 e. The lowest BCUT2D eigenvalue weighted by atomic mass is 10.1. The Morgan fingerprint density at radius 1 is 1.20 bits per heavy atom. The number of carboxylic acids is 1. The van der Waals surface area contributed by atoms with Crippen molar-refractivity contribution in [1.29, 1.82) is 0 Å². The molecule has 4 nitrogen and oxygen atoms in total. The number of pyridine rings is 1. The average Bonchev–Trinajstić information content (AvgIpc) is 2.80. The zero-order chi connectivity index (χ0) is 14.3. The first-order chi connectivity index (χ1) is 9.58. The van der Waals surface area contributed by atoms with Crippen molar-refractivity contribution in [1.82, 2.24) is 9.38 Å². The van der Waals surface area contributed by atoms with Crippen LogP contribution in [0, 0.1) is 6.92 Å². The number of benzene rings is 1. The van der Waals surface area contributed by atoms with Crippen LogP contribution in [0.4, 0.5) is 0 Å². The van der Waals surface area contributed by atoms with Crippen molar-refractivity contribution < 1.29 is 9.90 Å². The van der Waals surface area contributed by atoms with E-state index in [-0.39, 0.29) is 5.69 Å². The van der Waals surface area contributed by atoms with Gasteiger partial charge in [0.2, 0.25) is 0 Å². The van der Waals surface area contributed by atoms with Crippen LogP contribution in [0.3, 0.4) is 0 Å². The number of aromatic nitrogens is 2. The van der Waals surface area contributed by atoms with E-state index in [1.54, 1.807) is 34.7 Å². The molecular weight excluding hydrogens is 276 g/mol. The van der Waals surface area contributed by atoms with Crippen molar-refractivity contribution in [2.45, 2.75) is 6.92 Å². The minimum atomic E-state index is -1.00. The Labute approximate surface area is 120 Å². The summed E-state index contributed by atoms with van der Waals surface area (Å²) in [5.74, 6) is -1.00. The molecule has 0 atom stereocenters. The Kier molecular flexibility index (Phi) is 2.95. The van der Waals surface area contributed by atoms with Crippen LogP contribution >= 0.6 is 11.6 Å². The summed E-state index contributed by atoms with van der Waals surface area (Å²) in [6, 6.07) is 12.5. The molecule has 0 bridgehead atoms. The summed E-state index contributed by atoms with van der Waals surface area (Å²) < 4.78 is 1.65. The van der Waals surface area contributed by atoms with Gasteiger partial charge in [0.15, 0.2) is 5.69 Å². The first kappa shape index (κ1) is 12.7. The van der Waals surface area contributed by atoms with Crippen LogP contribution in [0.1, 0.15) is 16.2 Å². The molecule has 0 aliphatic heterocycles. The van der Waals surface area contributed by atoms with Crippen LogP contribution < -0.4 is 0 Å². The van der Waals surface area contributed by atoms with Gasteiger partial charge in [-0.25, -0.2) is 9.78 Å². The molecule has 2 aromatic heterocycles. The van der Waals surface area contributed by atoms with Crippen molar-refractivity contribution in [3.63, 3.8) is 0 Å². The number of aromatic carboxylic acids is 1. The molecule has 0 saturated carbocycles. The van der Waals surface area contributed by atoms with Crippen LogP contribution in [-0.2, 0) is 0 Å². The van der Waals surface area contributed by atoms with Crippen molar-refractivity contribution >= 4 is 23.2 Å². The SMILES string of the molecule is Cc1cccc2nc(-c3ccc(Cl)cc3)c(C(=O)O)n12. The van der Waals surface area contributed by atoms with Gasteiger partial charge >= 0.3 is 5.97 Å². The summed E-state index contributed by atoms with van der Waals surface area (Å²) >= 11 is 5.86. The highest BCUT2D eigenvalue weighted by Gasteiger charge is 2.20. The van der Waals surface area contributed by atoms with E-state index in [2.05, 4.69) is 4.98 Å². The van der Waals surface area contributed by atoms with Gasteiger partial charge < -0.3 is 5.11 Å². The fraction of sp³-hybridized carbons (Fsp3) is 0.0667. The quantitative estimate of drug-likeness (QED) is 0.782. The molecule has 3 aromatic rings. The number of hydrogen-bond donors (Lipinski definition) is 1. The molecule has 0 radical (unpaired) electrons. The van der Waals surface area contributed by atoms with Gasteiger partial charge in [0.05, 0.1) is 0 Å². The maximum Gasteiger partial charge on any atom is 0.355 e. The highest BCUT2D eigenvalue weighted by atomic mass is 35.5. The van der Waals surface area contributed by atoms with Crippen LogP contribution in [0.15, 0.2) is 42.5 Å². The van der Waals surface area contributed by atoms with Crippen LogP contribution in [0.2, 0.25) is 5.02 Å². The Bertz CT molecular complexity index is 807. The highest BCUT2D eigenvalue weighted by Crippen LogP contribution is 2.26. The third-order valence-electron chi connectivity index (χ3n) is 3.16. The summed E-state index contributed by atoms with van der Waals surface area (Å²) in [6.07, 6.45) is 0. The Balaban J connectivity index is 2.35. The Morgan fingerprint density at radius 2 is 1.90 bits per heavy atom. The highest BCUT2D eigenvalue weighted by molar-refractivity contribution is 6.30. The lowest BCUT2D eigenvalue weighted by molar-refractivity contribution is 0.0690. The van der Waals surface area contributed by atoms with Crippen molar-refractivity contribution in [2.24, 2.45) is 0 Å². The molecule has 0 aliphatic carbocycles. The lowest BCUT2D eigenvalue weighted by Gasteiger charge is -2.03. The van der Waals surface area contributed by atoms with E-state index >= 15 is 0 Å². The van der Waals surface area contributed by atoms with Gasteiger partial charge in [0, 0.05) is 16.3 Å². The molecule has 100 valence electrons. The molecule has 0 fully saturated rings. The van der Waals surface area contributed by atoms with E-state index in [1.165, 1.54) is 0 Å². The average molecular weight is 287 g/mol. The number of hydrogen-bond acceptors (Lipinski definition) is 2. The van der Waals surface area contributed by atoms with E-state index in [0.717, 1.165) is 11.3 Å². The first-order valence-corrected chi connectivity index (χ1v) is 6.43. The maximum atomic E-state index is 11.6. The predicted molar refractivity (Wildman–Crippen MR) is 77.3 cm³/mol. The van der Waals surface area contributed by atoms with Gasteiger partial charge in [0.25, 0.3) is 0 Å². The standard InChI is InChI=1S/C15H11ClN2O2/c1-9-3-2-4-12-17-13(14(15(19)20)18(9)12)10-5-7-11(16)8-6-10/h2-8H,1H3,(H,19,20). The van der Waals surface area contributed by atoms with E-state index in [4.69, 9.17) is 11.6 Å². The topological polar surface area (TPSA) is 54.6 Å². The number of fused-ring (bicyclic) bond motifs is 1. The second kappa shape index (κ2) is 4.65. The van der Waals surface area contributed by atoms with Crippen molar-refractivity contribution in [2.75, 3.05) is 0 Å². The third-order valence-corrected chi connectivity index (χ3v) is 3.41. The fourth-order valence-electron chi connectivity index (χ4n) is 2.26. The monoisotopic (exact) mass is 286 g/mol. The second-order valence-electron chi connectivity index (χ2n) is 4.48. The van der Waals surface area contributed by atoms with E-state index in [0.29, 0.717) is 16.4 Å². The summed E-state index contributed by atoms with van der Waals surface area (Å²) in [5.41, 5.74) is 2.79. The van der Waals surface area contributed by atoms with E-state index in [9.17, 15) is 9.90 Å². The summed E-state index contributed by atoms with van der Waals surface area (Å²) in [5, 5.41) is 10.1. The molecule has 2 heterocycles. The zero-order valence-electron chi connectivity index (χ0n) is 10.7. The summed E-state index contributed by atoms with van der Waals surface area (Å²) in [7, 11) is 0. The minimum Gasteiger partial charge on any atom is -0.476 e. The zero-order valence-corrected chi connectivity index (χ0v) is 11.4. The minimum absolute atomic E-state index is 0.167. The summed E-state index contributed by atoms with van der Waals surface area (Å²) in [6.45, 7) is 1.85. The van der Waals surface area contributed by atoms with Gasteiger partial charge in [-0.05, 0) is 31.2 Å². The molecule has 0 aliphatic rings. The Hall–Kier alpha value is -2.33. The van der Waals surface area contributed by atoms with Crippen molar-refractivity contribution in [3.05, 3.63) is 58.9 Å². The number of carboxylic acid groups (broad SMARTS) is 1. The second-order valence-corrected chi connectivity index (χ2v) is 4.92. The van der Waals surface area contributed by atoms with Crippen LogP contribution in [0.25, 0.3) is 16.9 Å². The van der Waals surface area contributed by atoms with E-state index in [1.807, 2.05) is 19.1 Å². The Morgan fingerprint density at radius 3 is 2.55 bits per heavy atom. The first-order valence-electron chi connectivity index (χ1n) is 6.05. The number of imidazole rings is 1. The van der Waals surface area contributed by atoms with Gasteiger partial charge in [-0.15, -0.1) is 0 Å². The lowest BCUT2D eigenvalue weighted by Crippen LogP contribution is -2.05. The summed E-state index contributed by atoms with van der Waals surface area (Å²) in [4.78, 5) is 16.0. The van der Waals surface area contributed by atoms with Gasteiger partial charge in [0.1, 0.15) is 11.3 Å². The van der Waals surface area contributed by atoms with Crippen LogP contribution in [-0.4, -0.2) is 20.5 Å². The number of halogens is 1. The molecule has 1 N–H and O–H groups in total. The smallest absolute Gasteiger partial charge is 0.355 e. The van der Waals surface area contributed by atoms with Gasteiger partial charge in [-0.2, -0.15) is 0 Å². The normalized spacial score (nSPS) is 10.9. The molecule has 3 rings (SSSR count). The number of rotatable bonds is 2. The number of aryl methyl sites for hydroxylation is 1. The molecule has 5 heteroatoms. The van der Waals surface area contributed by atoms with Crippen molar-refractivity contribution in [3.8, 4) is 11.3 Å². The number of carbonyl (C=O) groups is 1. The molecular formula is C15H11ClN2O2. The molecule has 0 saturated heterocycles. The van der Waals surface area contributed by atoms with Gasteiger partial charge in [-0.1, -0.05) is 29.8 Å². The number of nitrogens with zero attached hydrogens (tertiary/aromatic N) is 2. The molecule has 1 aromatic carbocycles. The molecule has 0 amide bonds. The van der Waals surface area contributed by atoms with E-state index < -0.39 is 5.97 Å².